The van der Waals surface area contributed by atoms with Gasteiger partial charge < -0.3 is 10.1 Å². The maximum absolute atomic E-state index is 13.5. The van der Waals surface area contributed by atoms with Crippen molar-refractivity contribution < 1.29 is 14.3 Å². The topological polar surface area (TPSA) is 102 Å². The first kappa shape index (κ1) is 25.9. The van der Waals surface area contributed by atoms with Crippen LogP contribution < -0.4 is 5.32 Å². The zero-order valence-electron chi connectivity index (χ0n) is 22.4. The van der Waals surface area contributed by atoms with Crippen LogP contribution in [-0.2, 0) is 16.1 Å². The van der Waals surface area contributed by atoms with E-state index in [1.807, 2.05) is 49.7 Å². The number of allylic oxidation sites excluding steroid dienone is 1. The molecule has 2 aliphatic heterocycles. The number of morpholine rings is 1. The van der Waals surface area contributed by atoms with Gasteiger partial charge in [0.15, 0.2) is 5.65 Å². The average Bonchev–Trinajstić information content (AvgIpc) is 3.32. The molecule has 0 bridgehead atoms. The molecule has 9 nitrogen and oxygen atoms in total. The monoisotopic (exact) mass is 514 g/mol. The first-order valence-electron chi connectivity index (χ1n) is 13.1. The van der Waals surface area contributed by atoms with Gasteiger partial charge in [0.05, 0.1) is 42.0 Å². The number of fused-ring (bicyclic) bond motifs is 1. The zero-order valence-corrected chi connectivity index (χ0v) is 22.4. The Hall–Kier alpha value is -3.69. The summed E-state index contributed by atoms with van der Waals surface area (Å²) < 4.78 is 7.31. The van der Waals surface area contributed by atoms with E-state index < -0.39 is 5.92 Å². The van der Waals surface area contributed by atoms with E-state index in [0.717, 1.165) is 44.0 Å². The molecule has 3 aromatic rings. The first-order valence-corrected chi connectivity index (χ1v) is 13.1. The summed E-state index contributed by atoms with van der Waals surface area (Å²) in [7, 11) is 0. The fraction of sp³-hybridized carbons (Fsp3) is 0.414. The van der Waals surface area contributed by atoms with Gasteiger partial charge >= 0.3 is 0 Å². The quantitative estimate of drug-likeness (QED) is 0.515. The van der Waals surface area contributed by atoms with Gasteiger partial charge in [0.1, 0.15) is 0 Å². The summed E-state index contributed by atoms with van der Waals surface area (Å²) in [5, 5.41) is 8.17. The molecule has 5 rings (SSSR count). The number of dihydropyridines is 1. The third kappa shape index (κ3) is 5.44. The highest BCUT2D eigenvalue weighted by Crippen LogP contribution is 2.28. The summed E-state index contributed by atoms with van der Waals surface area (Å²) in [5.41, 5.74) is 5.56. The Bertz CT molecular complexity index is 1430. The molecule has 0 saturated carbocycles. The third-order valence-electron chi connectivity index (χ3n) is 7.07. The predicted molar refractivity (Wildman–Crippen MR) is 147 cm³/mol. The fourth-order valence-electron chi connectivity index (χ4n) is 5.03. The lowest BCUT2D eigenvalue weighted by Crippen LogP contribution is -2.35. The first-order chi connectivity index (χ1) is 18.3. The normalized spacial score (nSPS) is 18.6. The van der Waals surface area contributed by atoms with E-state index in [1.54, 1.807) is 13.1 Å². The Balaban J connectivity index is 1.46. The number of aliphatic imine (C=N–C) groups is 1. The van der Waals surface area contributed by atoms with Crippen LogP contribution >= 0.6 is 0 Å². The predicted octanol–water partition coefficient (Wildman–Crippen LogP) is 3.80. The van der Waals surface area contributed by atoms with Gasteiger partial charge in [-0.15, -0.1) is 0 Å². The van der Waals surface area contributed by atoms with Gasteiger partial charge in [0, 0.05) is 43.5 Å². The number of pyridine rings is 1. The van der Waals surface area contributed by atoms with Crippen LogP contribution in [0.2, 0.25) is 0 Å². The number of benzene rings is 1. The Morgan fingerprint density at radius 1 is 1.18 bits per heavy atom. The van der Waals surface area contributed by atoms with Gasteiger partial charge in [-0.05, 0) is 51.5 Å². The molecule has 9 heteroatoms. The molecule has 2 aromatic heterocycles. The van der Waals surface area contributed by atoms with Crippen molar-refractivity contribution in [1.82, 2.24) is 25.0 Å². The highest BCUT2D eigenvalue weighted by atomic mass is 16.5. The molecule has 38 heavy (non-hydrogen) atoms. The molecule has 1 atom stereocenters. The molecule has 0 aliphatic carbocycles. The molecular weight excluding hydrogens is 480 g/mol. The van der Waals surface area contributed by atoms with E-state index in [-0.39, 0.29) is 24.4 Å². The molecule has 4 heterocycles. The van der Waals surface area contributed by atoms with E-state index in [1.165, 1.54) is 5.56 Å². The highest BCUT2D eigenvalue weighted by Gasteiger charge is 2.25. The van der Waals surface area contributed by atoms with Gasteiger partial charge in [-0.3, -0.25) is 14.5 Å². The minimum absolute atomic E-state index is 0.0764. The summed E-state index contributed by atoms with van der Waals surface area (Å²) in [4.78, 5) is 37.3. The van der Waals surface area contributed by atoms with E-state index in [4.69, 9.17) is 9.72 Å². The zero-order chi connectivity index (χ0) is 26.8. The van der Waals surface area contributed by atoms with Crippen LogP contribution in [0.3, 0.4) is 0 Å². The molecule has 0 radical (unpaired) electrons. The fourth-order valence-corrected chi connectivity index (χ4v) is 5.03. The second kappa shape index (κ2) is 11.0. The van der Waals surface area contributed by atoms with Crippen molar-refractivity contribution in [3.05, 3.63) is 59.3 Å². The molecule has 2 aliphatic rings. The van der Waals surface area contributed by atoms with Crippen LogP contribution in [0.15, 0.2) is 53.2 Å². The number of carbonyl (C=O) groups excluding carboxylic acids is 2. The summed E-state index contributed by atoms with van der Waals surface area (Å²) in [6.45, 7) is 12.1. The lowest BCUT2D eigenvalue weighted by molar-refractivity contribution is -0.120. The number of ether oxygens (including phenoxy) is 1. The van der Waals surface area contributed by atoms with Crippen molar-refractivity contribution in [1.29, 1.82) is 0 Å². The summed E-state index contributed by atoms with van der Waals surface area (Å²) in [6.07, 6.45) is 3.58. The van der Waals surface area contributed by atoms with Gasteiger partial charge in [-0.1, -0.05) is 23.8 Å². The molecular formula is C29H34N6O3. The second-order valence-electron chi connectivity index (χ2n) is 10.3. The van der Waals surface area contributed by atoms with E-state index in [0.29, 0.717) is 28.0 Å². The molecule has 1 saturated heterocycles. The smallest absolute Gasteiger partial charge is 0.254 e. The van der Waals surface area contributed by atoms with Crippen LogP contribution in [0.4, 0.5) is 0 Å². The summed E-state index contributed by atoms with van der Waals surface area (Å²) >= 11 is 0. The third-order valence-corrected chi connectivity index (χ3v) is 7.07. The maximum atomic E-state index is 13.5. The molecule has 2 amide bonds. The minimum atomic E-state index is -0.463. The number of hydrogen-bond donors (Lipinski definition) is 1. The van der Waals surface area contributed by atoms with Gasteiger partial charge in [0.25, 0.3) is 11.8 Å². The van der Waals surface area contributed by atoms with Crippen molar-refractivity contribution >= 4 is 28.6 Å². The van der Waals surface area contributed by atoms with E-state index in [9.17, 15) is 9.59 Å². The minimum Gasteiger partial charge on any atom is -0.379 e. The molecule has 1 N–H and O–H groups in total. The molecule has 1 fully saturated rings. The van der Waals surface area contributed by atoms with Crippen LogP contribution in [0.5, 0.6) is 0 Å². The van der Waals surface area contributed by atoms with Crippen LogP contribution in [0, 0.1) is 5.92 Å². The van der Waals surface area contributed by atoms with Crippen molar-refractivity contribution in [2.75, 3.05) is 32.8 Å². The lowest BCUT2D eigenvalue weighted by atomic mass is 9.95. The number of nitrogens with one attached hydrogen (secondary N) is 1. The Labute approximate surface area is 222 Å². The van der Waals surface area contributed by atoms with Crippen molar-refractivity contribution in [3.63, 3.8) is 0 Å². The number of carbonyl (C=O) groups is 2. The van der Waals surface area contributed by atoms with Crippen molar-refractivity contribution in [2.45, 2.75) is 40.3 Å². The Kier molecular flexibility index (Phi) is 7.49. The van der Waals surface area contributed by atoms with Crippen molar-refractivity contribution in [3.8, 4) is 11.3 Å². The number of hydrogen-bond acceptors (Lipinski definition) is 6. The van der Waals surface area contributed by atoms with E-state index in [2.05, 4.69) is 32.4 Å². The standard InChI is InChI=1S/C29H34N6O3/c1-18(2)35-27-25(16-31-35)23(28(36)30-15-24-19(3)12-20(4)32-29(24)37)14-26(33-27)22-7-5-6-21(13-22)17-34-8-10-38-11-9-34/h5-7,12-14,16,18,24H,8-11,15,17H2,1-4H3,(H,30,36). The molecule has 0 spiro atoms. The Morgan fingerprint density at radius 2 is 1.97 bits per heavy atom. The van der Waals surface area contributed by atoms with Crippen LogP contribution in [-0.4, -0.2) is 70.0 Å². The molecule has 198 valence electrons. The lowest BCUT2D eigenvalue weighted by Gasteiger charge is -2.26. The largest absolute Gasteiger partial charge is 0.379 e. The summed E-state index contributed by atoms with van der Waals surface area (Å²) in [6, 6.07) is 10.2. The van der Waals surface area contributed by atoms with Gasteiger partial charge in [0.2, 0.25) is 0 Å². The molecule has 1 aromatic carbocycles. The van der Waals surface area contributed by atoms with Crippen molar-refractivity contribution in [2.24, 2.45) is 10.9 Å². The second-order valence-corrected chi connectivity index (χ2v) is 10.3. The summed E-state index contributed by atoms with van der Waals surface area (Å²) in [5.74, 6) is -0.957. The SMILES string of the molecule is CC1=CC(C)=NC(=O)C1CNC(=O)c1cc(-c2cccc(CN3CCOCC3)c2)nc2c1cnn2C(C)C. The maximum Gasteiger partial charge on any atom is 0.254 e. The number of rotatable bonds is 7. The molecule has 1 unspecified atom stereocenters. The number of aromatic nitrogens is 3. The highest BCUT2D eigenvalue weighted by molar-refractivity contribution is 6.08. The number of amides is 2. The van der Waals surface area contributed by atoms with Gasteiger partial charge in [-0.25, -0.2) is 14.7 Å². The van der Waals surface area contributed by atoms with Crippen LogP contribution in [0.1, 0.15) is 49.7 Å². The van der Waals surface area contributed by atoms with E-state index >= 15 is 0 Å². The average molecular weight is 515 g/mol. The number of nitrogens with zero attached hydrogens (tertiary/aromatic N) is 5. The Morgan fingerprint density at radius 3 is 2.71 bits per heavy atom. The van der Waals surface area contributed by atoms with Crippen LogP contribution in [0.25, 0.3) is 22.3 Å². The van der Waals surface area contributed by atoms with Gasteiger partial charge in [-0.2, -0.15) is 5.10 Å².